The average Bonchev–Trinajstić information content (AvgIpc) is 2.25. The number of rotatable bonds is 2. The van der Waals surface area contributed by atoms with E-state index in [0.29, 0.717) is 0 Å². The van der Waals surface area contributed by atoms with Crippen LogP contribution in [0.25, 0.3) is 0 Å². The zero-order chi connectivity index (χ0) is 16.9. The fraction of sp³-hybridized carbons (Fsp3) is 0.444. The predicted molar refractivity (Wildman–Crippen MR) is 50.7 cm³/mol. The molecule has 0 radical (unpaired) electrons. The van der Waals surface area contributed by atoms with Gasteiger partial charge < -0.3 is 0 Å². The first-order valence-corrected chi connectivity index (χ1v) is 3.58. The number of aryl methyl sites for hydroxylation is 2. The van der Waals surface area contributed by atoms with E-state index in [1.54, 1.807) is 0 Å². The van der Waals surface area contributed by atoms with Crippen LogP contribution in [0.4, 0.5) is 0 Å². The molecular weight excluding hydrogens is 202 g/mol. The third kappa shape index (κ3) is 2.29. The molecule has 0 saturated carbocycles. The molecular formula is C9H12BrN. The first-order chi connectivity index (χ1) is 9.12. The van der Waals surface area contributed by atoms with Crippen molar-refractivity contribution in [2.24, 2.45) is 0 Å². The van der Waals surface area contributed by atoms with E-state index in [-0.39, 0.29) is 4.47 Å². The van der Waals surface area contributed by atoms with E-state index in [1.165, 1.54) is 0 Å². The molecule has 2 heteroatoms. The van der Waals surface area contributed by atoms with E-state index in [9.17, 15) is 0 Å². The molecule has 0 atom stereocenters. The molecule has 0 amide bonds. The number of hydrogen-bond donors (Lipinski definition) is 0. The Hall–Kier alpha value is -0.370. The summed E-state index contributed by atoms with van der Waals surface area (Å²) in [6, 6.07) is 1.09. The number of aromatic nitrogens is 1. The molecule has 1 rings (SSSR count). The van der Waals surface area contributed by atoms with E-state index in [2.05, 4.69) is 20.9 Å². The predicted octanol–water partition coefficient (Wildman–Crippen LogP) is 3.11. The lowest BCUT2D eigenvalue weighted by atomic mass is 10.1. The highest BCUT2D eigenvalue weighted by molar-refractivity contribution is 9.10. The monoisotopic (exact) mass is 223 g/mol. The summed E-state index contributed by atoms with van der Waals surface area (Å²) in [5.74, 6) is 0. The van der Waals surface area contributed by atoms with Gasteiger partial charge in [-0.2, -0.15) is 0 Å². The van der Waals surface area contributed by atoms with Crippen LogP contribution in [0, 0.1) is 6.85 Å². The topological polar surface area (TPSA) is 12.9 Å². The van der Waals surface area contributed by atoms with Gasteiger partial charge in [-0.3, -0.25) is 4.98 Å². The normalized spacial score (nSPS) is 28.5. The largest absolute Gasteiger partial charge is 0.260 e. The minimum absolute atomic E-state index is 0.266. The highest BCUT2D eigenvalue weighted by Gasteiger charge is 1.97. The second-order valence-corrected chi connectivity index (χ2v) is 2.72. The van der Waals surface area contributed by atoms with Crippen molar-refractivity contribution in [3.05, 3.63) is 28.0 Å². The lowest BCUT2D eigenvalue weighted by Crippen LogP contribution is -1.92. The van der Waals surface area contributed by atoms with E-state index < -0.39 is 37.7 Å². The van der Waals surface area contributed by atoms with Gasteiger partial charge >= 0.3 is 0 Å². The lowest BCUT2D eigenvalue weighted by molar-refractivity contribution is 0.870. The molecule has 1 heterocycles. The van der Waals surface area contributed by atoms with Crippen LogP contribution < -0.4 is 0 Å². The minimum atomic E-state index is -3.30. The van der Waals surface area contributed by atoms with Crippen LogP contribution in [0.15, 0.2) is 16.7 Å². The molecule has 0 aliphatic carbocycles. The maximum absolute atomic E-state index is 7.82. The van der Waals surface area contributed by atoms with Gasteiger partial charge in [0, 0.05) is 30.1 Å². The number of halogens is 1. The van der Waals surface area contributed by atoms with Crippen LogP contribution in [0.5, 0.6) is 0 Å². The van der Waals surface area contributed by atoms with Crippen LogP contribution in [0.2, 0.25) is 0 Å². The highest BCUT2D eigenvalue weighted by Crippen LogP contribution is 2.13. The SMILES string of the molecule is [2H]C([2H])([2H])c1cc(Br)cnc1C([2H])([2H])C([2H])([2H])C([2H])([2H])[2H]. The maximum Gasteiger partial charge on any atom is 0.0433 e. The van der Waals surface area contributed by atoms with Gasteiger partial charge in [0.25, 0.3) is 0 Å². The van der Waals surface area contributed by atoms with E-state index >= 15 is 0 Å². The van der Waals surface area contributed by atoms with Crippen molar-refractivity contribution in [2.75, 3.05) is 0 Å². The summed E-state index contributed by atoms with van der Waals surface area (Å²) in [5.41, 5.74) is -1.28. The van der Waals surface area contributed by atoms with Crippen molar-refractivity contribution < 1.29 is 13.7 Å². The van der Waals surface area contributed by atoms with Gasteiger partial charge in [-0.05, 0) is 40.8 Å². The van der Waals surface area contributed by atoms with Crippen molar-refractivity contribution in [3.8, 4) is 0 Å². The molecule has 0 N–H and O–H groups in total. The highest BCUT2D eigenvalue weighted by atomic mass is 79.9. The Kier molecular flexibility index (Phi) is 0.813. The van der Waals surface area contributed by atoms with E-state index in [1.807, 2.05) is 0 Å². The molecule has 0 fully saturated rings. The second-order valence-electron chi connectivity index (χ2n) is 1.80. The van der Waals surface area contributed by atoms with E-state index in [4.69, 9.17) is 13.7 Å². The first-order valence-electron chi connectivity index (χ1n) is 7.79. The molecule has 0 aliphatic rings. The molecule has 0 bridgehead atoms. The Morgan fingerprint density at radius 3 is 3.45 bits per heavy atom. The number of pyridine rings is 1. The molecule has 0 saturated heterocycles. The van der Waals surface area contributed by atoms with Crippen LogP contribution in [0.3, 0.4) is 0 Å². The zero-order valence-corrected chi connectivity index (χ0v) is 7.07. The minimum Gasteiger partial charge on any atom is -0.260 e. The Morgan fingerprint density at radius 2 is 2.73 bits per heavy atom. The third-order valence-corrected chi connectivity index (χ3v) is 1.47. The lowest BCUT2D eigenvalue weighted by Gasteiger charge is -2.02. The molecule has 1 aromatic heterocycles. The fourth-order valence-corrected chi connectivity index (χ4v) is 0.929. The van der Waals surface area contributed by atoms with Gasteiger partial charge in [0.1, 0.15) is 0 Å². The fourth-order valence-electron chi connectivity index (χ4n) is 0.598. The molecule has 0 aliphatic heterocycles. The quantitative estimate of drug-likeness (QED) is 0.752. The Labute approximate surface area is 90.0 Å². The smallest absolute Gasteiger partial charge is 0.0433 e. The van der Waals surface area contributed by atoms with Crippen molar-refractivity contribution in [2.45, 2.75) is 26.4 Å². The molecule has 0 spiro atoms. The van der Waals surface area contributed by atoms with Crippen molar-refractivity contribution >= 4 is 15.9 Å². The average molecular weight is 224 g/mol. The van der Waals surface area contributed by atoms with Crippen molar-refractivity contribution in [1.82, 2.24) is 4.98 Å². The van der Waals surface area contributed by atoms with Crippen molar-refractivity contribution in [3.63, 3.8) is 0 Å². The number of nitrogens with zero attached hydrogens (tertiary/aromatic N) is 1. The van der Waals surface area contributed by atoms with Crippen molar-refractivity contribution in [1.29, 1.82) is 0 Å². The maximum atomic E-state index is 7.82. The van der Waals surface area contributed by atoms with Gasteiger partial charge in [0.05, 0.1) is 0 Å². The molecule has 1 aromatic rings. The van der Waals surface area contributed by atoms with Crippen LogP contribution in [0.1, 0.15) is 38.2 Å². The summed E-state index contributed by atoms with van der Waals surface area (Å²) in [4.78, 5) is 3.62. The standard InChI is InChI=1S/C9H12BrN/c1-3-4-9-7(2)5-8(10)6-11-9/h5-6H,3-4H2,1-2H3/i1D3,2D3,3D2,4D2. The second kappa shape index (κ2) is 3.86. The van der Waals surface area contributed by atoms with Gasteiger partial charge in [-0.1, -0.05) is 13.2 Å². The summed E-state index contributed by atoms with van der Waals surface area (Å²) in [6.45, 7) is -6.04. The van der Waals surface area contributed by atoms with Gasteiger partial charge in [-0.15, -0.1) is 0 Å². The summed E-state index contributed by atoms with van der Waals surface area (Å²) in [5, 5.41) is 0. The summed E-state index contributed by atoms with van der Waals surface area (Å²) >= 11 is 3.01. The summed E-state index contributed by atoms with van der Waals surface area (Å²) in [7, 11) is 0. The zero-order valence-electron chi connectivity index (χ0n) is 15.5. The van der Waals surface area contributed by atoms with Crippen LogP contribution in [-0.4, -0.2) is 4.98 Å². The van der Waals surface area contributed by atoms with Gasteiger partial charge in [0.2, 0.25) is 0 Å². The third-order valence-electron chi connectivity index (χ3n) is 1.04. The summed E-state index contributed by atoms with van der Waals surface area (Å²) in [6.07, 6.45) is -5.32. The Balaban J connectivity index is 3.60. The molecule has 1 nitrogen and oxygen atoms in total. The molecule has 0 unspecified atom stereocenters. The molecule has 11 heavy (non-hydrogen) atoms. The Morgan fingerprint density at radius 1 is 1.82 bits per heavy atom. The number of hydrogen-bond acceptors (Lipinski definition) is 1. The molecule has 0 aromatic carbocycles. The Bertz CT molecular complexity index is 532. The van der Waals surface area contributed by atoms with Crippen LogP contribution >= 0.6 is 15.9 Å². The van der Waals surface area contributed by atoms with Gasteiger partial charge in [-0.25, -0.2) is 0 Å². The molecule has 60 valence electrons. The van der Waals surface area contributed by atoms with E-state index in [0.717, 1.165) is 12.3 Å². The summed E-state index contributed by atoms with van der Waals surface area (Å²) < 4.78 is 74.7. The van der Waals surface area contributed by atoms with Crippen LogP contribution in [-0.2, 0) is 6.37 Å². The first kappa shape index (κ1) is 2.32. The van der Waals surface area contributed by atoms with Gasteiger partial charge in [0.15, 0.2) is 0 Å².